The van der Waals surface area contributed by atoms with Crippen LogP contribution >= 0.6 is 11.3 Å². The molecular formula is C17H21N5O3S2. The number of aliphatic imine (C=N–C) groups is 1. The van der Waals surface area contributed by atoms with Crippen LogP contribution < -0.4 is 10.0 Å². The van der Waals surface area contributed by atoms with Crippen molar-refractivity contribution in [2.24, 2.45) is 4.99 Å². The van der Waals surface area contributed by atoms with Gasteiger partial charge < -0.3 is 0 Å². The molecule has 0 fully saturated rings. The summed E-state index contributed by atoms with van der Waals surface area (Å²) in [6, 6.07) is 5.74. The maximum atomic E-state index is 12.4. The number of amides is 1. The van der Waals surface area contributed by atoms with Crippen LogP contribution in [0.4, 0.5) is 5.13 Å². The van der Waals surface area contributed by atoms with Crippen LogP contribution in [0.5, 0.6) is 0 Å². The molecular weight excluding hydrogens is 386 g/mol. The number of rotatable bonds is 7. The van der Waals surface area contributed by atoms with E-state index in [1.54, 1.807) is 25.1 Å². The van der Waals surface area contributed by atoms with E-state index in [0.29, 0.717) is 10.7 Å². The van der Waals surface area contributed by atoms with Crippen LogP contribution in [0.25, 0.3) is 0 Å². The van der Waals surface area contributed by atoms with Gasteiger partial charge in [-0.3, -0.25) is 19.8 Å². The average molecular weight is 408 g/mol. The zero-order chi connectivity index (χ0) is 19.4. The first-order valence-corrected chi connectivity index (χ1v) is 11.0. The zero-order valence-corrected chi connectivity index (χ0v) is 16.7. The summed E-state index contributed by atoms with van der Waals surface area (Å²) in [6.45, 7) is 3.73. The molecule has 8 nitrogen and oxygen atoms in total. The number of fused-ring (bicyclic) bond motifs is 1. The van der Waals surface area contributed by atoms with Gasteiger partial charge in [0.25, 0.3) is 15.9 Å². The Balaban J connectivity index is 1.67. The number of hydrogen-bond donors (Lipinski definition) is 2. The Bertz CT molecular complexity index is 968. The Hall–Kier alpha value is -2.33. The molecule has 0 aliphatic carbocycles. The molecule has 144 valence electrons. The summed E-state index contributed by atoms with van der Waals surface area (Å²) in [5.41, 5.74) is 0.464. The lowest BCUT2D eigenvalue weighted by molar-refractivity contribution is -0.117. The number of anilines is 1. The third-order valence-corrected chi connectivity index (χ3v) is 6.35. The van der Waals surface area contributed by atoms with Gasteiger partial charge in [0.2, 0.25) is 5.13 Å². The van der Waals surface area contributed by atoms with Crippen LogP contribution in [0.1, 0.15) is 43.7 Å². The van der Waals surface area contributed by atoms with Crippen molar-refractivity contribution in [1.29, 1.82) is 0 Å². The third kappa shape index (κ3) is 4.51. The number of nitrogens with one attached hydrogen (secondary N) is 2. The molecule has 27 heavy (non-hydrogen) atoms. The molecule has 2 N–H and O–H groups in total. The van der Waals surface area contributed by atoms with E-state index in [1.165, 1.54) is 17.4 Å². The fraction of sp³-hybridized carbons (Fsp3) is 0.412. The van der Waals surface area contributed by atoms with E-state index in [2.05, 4.69) is 32.2 Å². The first kappa shape index (κ1) is 19.4. The SMILES string of the molecule is CCCCCc1nnc(NC(=O)[C@H](C)N=C2NS(=O)(=O)c3ccccc32)s1. The van der Waals surface area contributed by atoms with Gasteiger partial charge in [-0.2, -0.15) is 0 Å². The van der Waals surface area contributed by atoms with E-state index < -0.39 is 16.1 Å². The number of unbranched alkanes of at least 4 members (excludes halogenated alkanes) is 2. The summed E-state index contributed by atoms with van der Waals surface area (Å²) in [4.78, 5) is 16.8. The molecule has 1 aromatic carbocycles. The Morgan fingerprint density at radius 2 is 2.07 bits per heavy atom. The lowest BCUT2D eigenvalue weighted by Gasteiger charge is -2.07. The highest BCUT2D eigenvalue weighted by molar-refractivity contribution is 7.90. The number of hydrogen-bond acceptors (Lipinski definition) is 7. The highest BCUT2D eigenvalue weighted by Crippen LogP contribution is 2.23. The standard InChI is InChI=1S/C17H21N5O3S2/c1-3-4-5-10-14-20-21-17(26-14)19-16(23)11(2)18-15-12-8-6-7-9-13(12)27(24,25)22-15/h6-9,11H,3-5,10H2,1-2H3,(H,18,22)(H,19,21,23)/t11-/m0/s1. The van der Waals surface area contributed by atoms with Crippen molar-refractivity contribution < 1.29 is 13.2 Å². The molecule has 0 bridgehead atoms. The van der Waals surface area contributed by atoms with Gasteiger partial charge in [0.05, 0.1) is 4.90 Å². The normalized spacial score (nSPS) is 17.3. The maximum Gasteiger partial charge on any atom is 0.263 e. The number of carbonyl (C=O) groups excluding carboxylic acids is 1. The van der Waals surface area contributed by atoms with Crippen LogP contribution in [-0.4, -0.2) is 36.4 Å². The molecule has 2 aromatic rings. The molecule has 1 aliphatic rings. The number of aryl methyl sites for hydroxylation is 1. The number of sulfonamides is 1. The summed E-state index contributed by atoms with van der Waals surface area (Å²) in [5.74, 6) is -0.201. The fourth-order valence-corrected chi connectivity index (χ4v) is 4.65. The number of amidine groups is 1. The van der Waals surface area contributed by atoms with Crippen LogP contribution in [0.2, 0.25) is 0 Å². The number of benzene rings is 1. The monoisotopic (exact) mass is 407 g/mol. The molecule has 3 rings (SSSR count). The van der Waals surface area contributed by atoms with Crippen molar-refractivity contribution in [3.63, 3.8) is 0 Å². The van der Waals surface area contributed by atoms with E-state index in [9.17, 15) is 13.2 Å². The average Bonchev–Trinajstić information content (AvgIpc) is 3.18. The Morgan fingerprint density at radius 1 is 1.30 bits per heavy atom. The second kappa shape index (κ2) is 8.13. The van der Waals surface area contributed by atoms with Crippen LogP contribution in [0.3, 0.4) is 0 Å². The lowest BCUT2D eigenvalue weighted by atomic mass is 10.2. The van der Waals surface area contributed by atoms with Crippen molar-refractivity contribution in [2.75, 3.05) is 5.32 Å². The van der Waals surface area contributed by atoms with E-state index in [0.717, 1.165) is 30.7 Å². The predicted octanol–water partition coefficient (Wildman–Crippen LogP) is 2.34. The minimum atomic E-state index is -3.63. The van der Waals surface area contributed by atoms with Crippen molar-refractivity contribution >= 4 is 38.2 Å². The minimum absolute atomic E-state index is 0.164. The minimum Gasteiger partial charge on any atom is -0.299 e. The molecule has 1 aromatic heterocycles. The Kier molecular flexibility index (Phi) is 5.85. The van der Waals surface area contributed by atoms with Gasteiger partial charge in [0.15, 0.2) is 0 Å². The topological polar surface area (TPSA) is 113 Å². The number of aromatic nitrogens is 2. The molecule has 1 atom stereocenters. The summed E-state index contributed by atoms with van der Waals surface area (Å²) < 4.78 is 26.6. The van der Waals surface area contributed by atoms with Crippen LogP contribution in [-0.2, 0) is 21.2 Å². The molecule has 1 aliphatic heterocycles. The maximum absolute atomic E-state index is 12.4. The van der Waals surface area contributed by atoms with Gasteiger partial charge in [-0.05, 0) is 25.5 Å². The van der Waals surface area contributed by atoms with E-state index in [-0.39, 0.29) is 16.6 Å². The second-order valence-corrected chi connectivity index (χ2v) is 8.92. The second-order valence-electron chi connectivity index (χ2n) is 6.20. The third-order valence-electron chi connectivity index (χ3n) is 4.06. The van der Waals surface area contributed by atoms with Crippen molar-refractivity contribution in [3.05, 3.63) is 34.8 Å². The van der Waals surface area contributed by atoms with E-state index >= 15 is 0 Å². The summed E-state index contributed by atoms with van der Waals surface area (Å²) in [6.07, 6.45) is 4.15. The van der Waals surface area contributed by atoms with E-state index in [4.69, 9.17) is 0 Å². The van der Waals surface area contributed by atoms with Gasteiger partial charge in [-0.1, -0.05) is 43.2 Å². The Morgan fingerprint density at radius 3 is 2.85 bits per heavy atom. The lowest BCUT2D eigenvalue weighted by Crippen LogP contribution is -2.28. The number of nitrogens with zero attached hydrogens (tertiary/aromatic N) is 3. The van der Waals surface area contributed by atoms with Gasteiger partial charge >= 0.3 is 0 Å². The van der Waals surface area contributed by atoms with Crippen molar-refractivity contribution in [3.8, 4) is 0 Å². The zero-order valence-electron chi connectivity index (χ0n) is 15.1. The first-order valence-electron chi connectivity index (χ1n) is 8.74. The van der Waals surface area contributed by atoms with E-state index in [1.807, 2.05) is 0 Å². The van der Waals surface area contributed by atoms with Crippen LogP contribution in [0, 0.1) is 0 Å². The van der Waals surface area contributed by atoms with Gasteiger partial charge in [-0.15, -0.1) is 10.2 Å². The Labute approximate surface area is 162 Å². The summed E-state index contributed by atoms with van der Waals surface area (Å²) in [5, 5.41) is 12.1. The van der Waals surface area contributed by atoms with Crippen molar-refractivity contribution in [2.45, 2.75) is 50.5 Å². The smallest absolute Gasteiger partial charge is 0.263 e. The molecule has 0 saturated carbocycles. The highest BCUT2D eigenvalue weighted by Gasteiger charge is 2.31. The predicted molar refractivity (Wildman–Crippen MR) is 105 cm³/mol. The molecule has 0 unspecified atom stereocenters. The molecule has 1 amide bonds. The quantitative estimate of drug-likeness (QED) is 0.684. The molecule has 0 radical (unpaired) electrons. The first-order chi connectivity index (χ1) is 12.9. The molecule has 0 saturated heterocycles. The summed E-state index contributed by atoms with van der Waals surface area (Å²) in [7, 11) is -3.63. The highest BCUT2D eigenvalue weighted by atomic mass is 32.2. The molecule has 10 heteroatoms. The van der Waals surface area contributed by atoms with Crippen molar-refractivity contribution in [1.82, 2.24) is 14.9 Å². The number of carbonyl (C=O) groups is 1. The van der Waals surface area contributed by atoms with Gasteiger partial charge in [0, 0.05) is 12.0 Å². The fourth-order valence-electron chi connectivity index (χ4n) is 2.62. The largest absolute Gasteiger partial charge is 0.299 e. The van der Waals surface area contributed by atoms with Crippen LogP contribution in [0.15, 0.2) is 34.2 Å². The molecule has 0 spiro atoms. The molecule has 2 heterocycles. The van der Waals surface area contributed by atoms with Gasteiger partial charge in [-0.25, -0.2) is 8.42 Å². The summed E-state index contributed by atoms with van der Waals surface area (Å²) >= 11 is 1.35. The van der Waals surface area contributed by atoms with Gasteiger partial charge in [0.1, 0.15) is 16.9 Å².